The maximum absolute atomic E-state index is 12.7. The Morgan fingerprint density at radius 2 is 1.91 bits per heavy atom. The fourth-order valence-corrected chi connectivity index (χ4v) is 9.46. The summed E-state index contributed by atoms with van der Waals surface area (Å²) in [5.74, 6) is 2.56. The van der Waals surface area contributed by atoms with E-state index in [4.69, 9.17) is 21.4 Å². The molecule has 7 rings (SSSR count). The number of carbonyl (C=O) groups is 1. The predicted molar refractivity (Wildman–Crippen MR) is 190 cm³/mol. The Balaban J connectivity index is 1.33. The van der Waals surface area contributed by atoms with E-state index < -0.39 is 5.97 Å². The minimum absolute atomic E-state index is 0.285. The molecule has 46 heavy (non-hydrogen) atoms. The molecule has 0 amide bonds. The normalized spacial score (nSPS) is 19.7. The van der Waals surface area contributed by atoms with E-state index in [1.807, 2.05) is 60.5 Å². The standard InChI is InChI=1S/C35H38ClN5O3S2/c1-20-31-29(38-40(20)3)19-45-17-22-15-23(41(4)37-22)18-46-24-14-21-8-5-6-9-25(21)30(16-24)44-13-7-10-26-27-11-12-28(36)32(31)33(27)39(2)34(26)35(42)43/h5-6,8-9,11-12,14,16,22-23,37H,7,10,13,15,17-19H2,1-4H3,(H,42,43). The lowest BCUT2D eigenvalue weighted by Gasteiger charge is -2.19. The molecule has 3 aromatic carbocycles. The van der Waals surface area contributed by atoms with Crippen molar-refractivity contribution in [2.45, 2.75) is 48.9 Å². The SMILES string of the molecule is Cc1c2c(nn1C)CSCC1CC(CSc3cc(c4ccccc4c3)OCCCc3c(C(=O)O)n(C)c4c-2c(Cl)ccc34)N(C)N1. The van der Waals surface area contributed by atoms with Crippen molar-refractivity contribution in [1.82, 2.24) is 24.8 Å². The molecule has 0 saturated carbocycles. The Kier molecular flexibility index (Phi) is 8.75. The first-order valence-corrected chi connectivity index (χ1v) is 18.1. The van der Waals surface area contributed by atoms with Gasteiger partial charge in [0.2, 0.25) is 0 Å². The zero-order chi connectivity index (χ0) is 32.1. The van der Waals surface area contributed by atoms with Gasteiger partial charge in [-0.2, -0.15) is 16.9 Å². The minimum atomic E-state index is -0.951. The van der Waals surface area contributed by atoms with Crippen molar-refractivity contribution in [2.24, 2.45) is 14.1 Å². The molecule has 8 bridgehead atoms. The van der Waals surface area contributed by atoms with Crippen molar-refractivity contribution >= 4 is 62.8 Å². The van der Waals surface area contributed by atoms with E-state index in [1.165, 1.54) is 4.90 Å². The second-order valence-corrected chi connectivity index (χ2v) is 14.8. The molecule has 0 aliphatic carbocycles. The largest absolute Gasteiger partial charge is 0.493 e. The van der Waals surface area contributed by atoms with Crippen LogP contribution in [0.4, 0.5) is 0 Å². The van der Waals surface area contributed by atoms with Gasteiger partial charge in [0.25, 0.3) is 0 Å². The van der Waals surface area contributed by atoms with Crippen LogP contribution in [0.5, 0.6) is 5.75 Å². The van der Waals surface area contributed by atoms with Crippen LogP contribution >= 0.6 is 35.1 Å². The second kappa shape index (κ2) is 12.8. The highest BCUT2D eigenvalue weighted by Crippen LogP contribution is 2.43. The molecule has 2 atom stereocenters. The molecule has 240 valence electrons. The number of halogens is 1. The highest BCUT2D eigenvalue weighted by molar-refractivity contribution is 7.99. The van der Waals surface area contributed by atoms with E-state index in [9.17, 15) is 9.90 Å². The van der Waals surface area contributed by atoms with Gasteiger partial charge in [-0.1, -0.05) is 41.9 Å². The number of aryl methyl sites for hydroxylation is 3. The number of fused-ring (bicyclic) bond motifs is 8. The number of ether oxygens (including phenoxy) is 1. The van der Waals surface area contributed by atoms with Crippen LogP contribution in [0.1, 0.15) is 40.3 Å². The third-order valence-electron chi connectivity index (χ3n) is 9.38. The summed E-state index contributed by atoms with van der Waals surface area (Å²) in [6, 6.07) is 17.4. The fraction of sp³-hybridized carbons (Fsp3) is 0.371. The van der Waals surface area contributed by atoms with Crippen LogP contribution in [-0.4, -0.2) is 67.7 Å². The third-order valence-corrected chi connectivity index (χ3v) is 11.9. The van der Waals surface area contributed by atoms with Crippen molar-refractivity contribution in [3.63, 3.8) is 0 Å². The number of rotatable bonds is 1. The number of hydrogen-bond donors (Lipinski definition) is 2. The van der Waals surface area contributed by atoms with Gasteiger partial charge in [-0.15, -0.1) is 11.8 Å². The molecule has 2 aliphatic rings. The van der Waals surface area contributed by atoms with Crippen LogP contribution < -0.4 is 10.2 Å². The van der Waals surface area contributed by atoms with Crippen LogP contribution in [-0.2, 0) is 26.3 Å². The quantitative estimate of drug-likeness (QED) is 0.191. The van der Waals surface area contributed by atoms with E-state index >= 15 is 0 Å². The van der Waals surface area contributed by atoms with Crippen molar-refractivity contribution < 1.29 is 14.6 Å². The van der Waals surface area contributed by atoms with Crippen LogP contribution in [0.15, 0.2) is 53.4 Å². The van der Waals surface area contributed by atoms with E-state index in [0.29, 0.717) is 36.6 Å². The number of hydrazine groups is 1. The Labute approximate surface area is 282 Å². The van der Waals surface area contributed by atoms with Crippen molar-refractivity contribution in [2.75, 3.05) is 25.2 Å². The Hall–Kier alpha value is -3.15. The number of nitrogens with zero attached hydrogens (tertiary/aromatic N) is 4. The molecule has 0 spiro atoms. The summed E-state index contributed by atoms with van der Waals surface area (Å²) in [4.78, 5) is 13.9. The molecule has 2 unspecified atom stereocenters. The van der Waals surface area contributed by atoms with Gasteiger partial charge >= 0.3 is 5.97 Å². The maximum Gasteiger partial charge on any atom is 0.352 e. The molecule has 8 nitrogen and oxygen atoms in total. The number of hydrogen-bond acceptors (Lipinski definition) is 7. The Morgan fingerprint density at radius 3 is 2.74 bits per heavy atom. The molecule has 2 N–H and O–H groups in total. The number of benzene rings is 3. The number of thioether (sulfide) groups is 2. The molecule has 4 heterocycles. The zero-order valence-corrected chi connectivity index (χ0v) is 28.9. The first kappa shape index (κ1) is 31.4. The average Bonchev–Trinajstić information content (AvgIpc) is 3.63. The van der Waals surface area contributed by atoms with Gasteiger partial charge in [0, 0.05) is 83.0 Å². The van der Waals surface area contributed by atoms with Gasteiger partial charge < -0.3 is 14.4 Å². The highest BCUT2D eigenvalue weighted by atomic mass is 35.5. The topological polar surface area (TPSA) is 84.5 Å². The zero-order valence-electron chi connectivity index (χ0n) is 26.5. The number of aromatic nitrogens is 3. The van der Waals surface area contributed by atoms with Gasteiger partial charge in [0.1, 0.15) is 11.4 Å². The summed E-state index contributed by atoms with van der Waals surface area (Å²) in [5.41, 5.74) is 9.39. The van der Waals surface area contributed by atoms with Gasteiger partial charge in [-0.05, 0) is 55.3 Å². The lowest BCUT2D eigenvalue weighted by atomic mass is 9.98. The van der Waals surface area contributed by atoms with Gasteiger partial charge in [-0.3, -0.25) is 10.1 Å². The minimum Gasteiger partial charge on any atom is -0.493 e. The number of nitrogens with one attached hydrogen (secondary N) is 1. The fourth-order valence-electron chi connectivity index (χ4n) is 7.06. The van der Waals surface area contributed by atoms with Gasteiger partial charge in [0.05, 0.1) is 22.8 Å². The van der Waals surface area contributed by atoms with Crippen molar-refractivity contribution in [3.8, 4) is 16.9 Å². The summed E-state index contributed by atoms with van der Waals surface area (Å²) in [6.45, 7) is 2.52. The lowest BCUT2D eigenvalue weighted by Crippen LogP contribution is -2.37. The summed E-state index contributed by atoms with van der Waals surface area (Å²) in [5, 5.41) is 21.4. The summed E-state index contributed by atoms with van der Waals surface area (Å²) in [6.07, 6.45) is 2.29. The third kappa shape index (κ3) is 5.68. The number of carboxylic acid groups (broad SMARTS) is 1. The Morgan fingerprint density at radius 1 is 1.09 bits per heavy atom. The molecule has 2 aromatic heterocycles. The first-order chi connectivity index (χ1) is 22.2. The van der Waals surface area contributed by atoms with Crippen LogP contribution in [0.3, 0.4) is 0 Å². The van der Waals surface area contributed by atoms with E-state index in [1.54, 1.807) is 4.57 Å². The molecule has 1 saturated heterocycles. The van der Waals surface area contributed by atoms with Gasteiger partial charge in [0.15, 0.2) is 0 Å². The second-order valence-electron chi connectivity index (χ2n) is 12.3. The van der Waals surface area contributed by atoms with Crippen molar-refractivity contribution in [1.29, 1.82) is 0 Å². The number of aromatic carboxylic acids is 1. The van der Waals surface area contributed by atoms with Gasteiger partial charge in [-0.25, -0.2) is 9.80 Å². The van der Waals surface area contributed by atoms with E-state index in [-0.39, 0.29) is 5.69 Å². The molecule has 1 fully saturated rings. The summed E-state index contributed by atoms with van der Waals surface area (Å²) < 4.78 is 10.2. The highest BCUT2D eigenvalue weighted by Gasteiger charge is 2.30. The maximum atomic E-state index is 12.7. The Bertz CT molecular complexity index is 1970. The molecule has 11 heteroatoms. The molecule has 5 aromatic rings. The smallest absolute Gasteiger partial charge is 0.352 e. The number of carboxylic acids is 1. The van der Waals surface area contributed by atoms with Crippen LogP contribution in [0.2, 0.25) is 5.02 Å². The molecule has 2 aliphatic heterocycles. The molecule has 0 radical (unpaired) electrons. The summed E-state index contributed by atoms with van der Waals surface area (Å²) >= 11 is 10.7. The van der Waals surface area contributed by atoms with Crippen LogP contribution in [0.25, 0.3) is 32.8 Å². The average molecular weight is 676 g/mol. The van der Waals surface area contributed by atoms with E-state index in [0.717, 1.165) is 79.2 Å². The molecular formula is C35H38ClN5O3S2. The lowest BCUT2D eigenvalue weighted by molar-refractivity contribution is 0.0685. The predicted octanol–water partition coefficient (Wildman–Crippen LogP) is 7.32. The van der Waals surface area contributed by atoms with Crippen LogP contribution in [0, 0.1) is 6.92 Å². The summed E-state index contributed by atoms with van der Waals surface area (Å²) in [7, 11) is 5.93. The van der Waals surface area contributed by atoms with Crippen molar-refractivity contribution in [3.05, 3.63) is 76.2 Å². The monoisotopic (exact) mass is 675 g/mol. The molecular weight excluding hydrogens is 638 g/mol. The first-order valence-electron chi connectivity index (χ1n) is 15.6. The van der Waals surface area contributed by atoms with E-state index in [2.05, 4.69) is 54.7 Å².